The number of ether oxygens (including phenoxy) is 1. The summed E-state index contributed by atoms with van der Waals surface area (Å²) in [5.41, 5.74) is -0.539. The van der Waals surface area contributed by atoms with Crippen molar-refractivity contribution in [1.82, 2.24) is 20.9 Å². The Morgan fingerprint density at radius 3 is 2.08 bits per heavy atom. The molecule has 2 aliphatic heterocycles. The first-order valence-electron chi connectivity index (χ1n) is 21.1. The Bertz CT molecular complexity index is 1910. The van der Waals surface area contributed by atoms with Gasteiger partial charge in [0.05, 0.1) is 6.61 Å². The molecular weight excluding hydrogens is 761 g/mol. The van der Waals surface area contributed by atoms with Gasteiger partial charge >= 0.3 is 0 Å². The van der Waals surface area contributed by atoms with Crippen molar-refractivity contribution in [2.24, 2.45) is 0 Å². The Morgan fingerprint density at radius 1 is 0.881 bits per heavy atom. The maximum absolute atomic E-state index is 14.1. The van der Waals surface area contributed by atoms with E-state index in [-0.39, 0.29) is 42.4 Å². The van der Waals surface area contributed by atoms with Crippen molar-refractivity contribution in [3.8, 4) is 5.75 Å². The standard InChI is InChI=1S/C47H62N4O7Si/c1-8-47(7)45(56)49-39(32-34-27-29-35(30-28-34)57-9-2)44(55)51-31-19-25-40(51)43(54)48-38(42(53)50-47)24-17-12-18-26-41(52)33(3)58-59(46(4,5)6,36-20-13-10-14-21-36)37-22-15-11-16-23-37/h10-16,18,20-23,27-30,33,38-40H,8-9,17,19,24-26,31-32H2,1-7H3,(H,48,54)(H,49,56)(H,50,53)/t33-,38-,39-,40+,47-/m0/s1. The molecular formula is C47H62N4O7Si. The third-order valence-corrected chi connectivity index (χ3v) is 16.8. The molecule has 2 heterocycles. The smallest absolute Gasteiger partial charge is 0.262 e. The second kappa shape index (κ2) is 19.8. The van der Waals surface area contributed by atoms with Gasteiger partial charge in [-0.25, -0.2) is 0 Å². The third kappa shape index (κ3) is 10.6. The zero-order chi connectivity index (χ0) is 42.8. The molecule has 2 fully saturated rings. The summed E-state index contributed by atoms with van der Waals surface area (Å²) in [6, 6.07) is 25.1. The number of carbonyl (C=O) groups is 5. The number of hydrogen-bond acceptors (Lipinski definition) is 7. The minimum absolute atomic E-state index is 0.0668. The summed E-state index contributed by atoms with van der Waals surface area (Å²) in [5, 5.41) is 10.7. The summed E-state index contributed by atoms with van der Waals surface area (Å²) < 4.78 is 12.6. The van der Waals surface area contributed by atoms with Crippen molar-refractivity contribution in [3.63, 3.8) is 0 Å². The maximum atomic E-state index is 14.1. The fraction of sp³-hybridized carbons (Fsp3) is 0.468. The maximum Gasteiger partial charge on any atom is 0.262 e. The van der Waals surface area contributed by atoms with Gasteiger partial charge in [0.1, 0.15) is 35.5 Å². The molecule has 0 radical (unpaired) electrons. The summed E-state index contributed by atoms with van der Waals surface area (Å²) in [4.78, 5) is 71.1. The lowest BCUT2D eigenvalue weighted by atomic mass is 9.94. The van der Waals surface area contributed by atoms with E-state index in [9.17, 15) is 24.0 Å². The highest BCUT2D eigenvalue weighted by molar-refractivity contribution is 6.99. The van der Waals surface area contributed by atoms with E-state index in [0.29, 0.717) is 38.2 Å². The Balaban J connectivity index is 1.28. The molecule has 5 rings (SSSR count). The van der Waals surface area contributed by atoms with Crippen molar-refractivity contribution >= 4 is 48.1 Å². The lowest BCUT2D eigenvalue weighted by Gasteiger charge is -2.44. The van der Waals surface area contributed by atoms with E-state index in [1.807, 2.05) is 80.6 Å². The van der Waals surface area contributed by atoms with Crippen LogP contribution in [0.2, 0.25) is 5.04 Å². The molecule has 0 saturated carbocycles. The van der Waals surface area contributed by atoms with Gasteiger partial charge in [-0.15, -0.1) is 0 Å². The lowest BCUT2D eigenvalue weighted by molar-refractivity contribution is -0.144. The van der Waals surface area contributed by atoms with Crippen LogP contribution in [0.4, 0.5) is 0 Å². The Hall–Kier alpha value is -5.07. The van der Waals surface area contributed by atoms with Gasteiger partial charge in [-0.3, -0.25) is 24.0 Å². The molecule has 3 aromatic rings. The van der Waals surface area contributed by atoms with Crippen LogP contribution in [0.3, 0.4) is 0 Å². The average Bonchev–Trinajstić information content (AvgIpc) is 3.72. The summed E-state index contributed by atoms with van der Waals surface area (Å²) in [6.45, 7) is 14.5. The van der Waals surface area contributed by atoms with Gasteiger partial charge in [0.25, 0.3) is 8.32 Å². The van der Waals surface area contributed by atoms with E-state index in [1.165, 1.54) is 4.90 Å². The van der Waals surface area contributed by atoms with Crippen molar-refractivity contribution < 1.29 is 33.1 Å². The molecule has 2 aliphatic rings. The quantitative estimate of drug-likeness (QED) is 0.142. The highest BCUT2D eigenvalue weighted by atomic mass is 28.4. The molecule has 12 heteroatoms. The number of rotatable bonds is 15. The number of nitrogens with one attached hydrogen (secondary N) is 3. The first-order valence-corrected chi connectivity index (χ1v) is 23.0. The van der Waals surface area contributed by atoms with Crippen LogP contribution in [0, 0.1) is 0 Å². The molecule has 0 aromatic heterocycles. The van der Waals surface area contributed by atoms with Crippen LogP contribution in [0.1, 0.15) is 92.6 Å². The first kappa shape index (κ1) is 45.0. The van der Waals surface area contributed by atoms with E-state index in [1.54, 1.807) is 19.9 Å². The predicted molar refractivity (Wildman–Crippen MR) is 233 cm³/mol. The summed E-state index contributed by atoms with van der Waals surface area (Å²) >= 11 is 0. The first-order chi connectivity index (χ1) is 28.1. The number of benzene rings is 3. The Morgan fingerprint density at radius 2 is 1.51 bits per heavy atom. The van der Waals surface area contributed by atoms with Crippen LogP contribution >= 0.6 is 0 Å². The number of hydrogen-bond donors (Lipinski definition) is 3. The highest BCUT2D eigenvalue weighted by Crippen LogP contribution is 2.37. The summed E-state index contributed by atoms with van der Waals surface area (Å²) in [5.74, 6) is -1.08. The van der Waals surface area contributed by atoms with Gasteiger partial charge < -0.3 is 30.0 Å². The normalized spacial score (nSPS) is 22.4. The molecule has 3 N–H and O–H groups in total. The number of ketones is 1. The number of amides is 4. The SMILES string of the molecule is CCOc1ccc(C[C@@H]2NC(=O)[C@](C)(CC)NC(=O)[C@H](CCC=CCC(=O)[C@H](C)O[Si](c3ccccc3)(c3ccccc3)C(C)(C)C)NC(=O)[C@H]3CCCN3C2=O)cc1. The number of fused-ring (bicyclic) bond motifs is 1. The van der Waals surface area contributed by atoms with Crippen LogP contribution in [-0.2, 0) is 34.8 Å². The molecule has 0 bridgehead atoms. The predicted octanol–water partition coefficient (Wildman–Crippen LogP) is 5.15. The average molecular weight is 823 g/mol. The number of allylic oxidation sites excluding steroid dienone is 2. The Labute approximate surface area is 350 Å². The van der Waals surface area contributed by atoms with Gasteiger partial charge in [0.15, 0.2) is 5.78 Å². The van der Waals surface area contributed by atoms with Crippen LogP contribution in [0.15, 0.2) is 97.1 Å². The van der Waals surface area contributed by atoms with Gasteiger partial charge in [-0.05, 0) is 86.0 Å². The van der Waals surface area contributed by atoms with E-state index in [2.05, 4.69) is 61.0 Å². The molecule has 0 aliphatic carbocycles. The van der Waals surface area contributed by atoms with Crippen LogP contribution in [0.25, 0.3) is 0 Å². The molecule has 0 spiro atoms. The van der Waals surface area contributed by atoms with E-state index < -0.39 is 55.8 Å². The fourth-order valence-electron chi connectivity index (χ4n) is 8.11. The summed E-state index contributed by atoms with van der Waals surface area (Å²) in [7, 11) is -2.94. The molecule has 316 valence electrons. The molecule has 2 saturated heterocycles. The number of Topliss-reactive ketones (excluding diaryl/α,β-unsaturated/α-hetero) is 1. The zero-order valence-electron chi connectivity index (χ0n) is 35.7. The topological polar surface area (TPSA) is 143 Å². The van der Waals surface area contributed by atoms with Crippen molar-refractivity contribution in [3.05, 3.63) is 103 Å². The van der Waals surface area contributed by atoms with Gasteiger partial charge in [-0.1, -0.05) is 113 Å². The van der Waals surface area contributed by atoms with Gasteiger partial charge in [0, 0.05) is 19.4 Å². The van der Waals surface area contributed by atoms with Crippen molar-refractivity contribution in [2.45, 2.75) is 128 Å². The van der Waals surface area contributed by atoms with Crippen molar-refractivity contribution in [1.29, 1.82) is 0 Å². The minimum atomic E-state index is -2.94. The summed E-state index contributed by atoms with van der Waals surface area (Å²) in [6.07, 6.45) is 5.19. The molecule has 59 heavy (non-hydrogen) atoms. The number of nitrogens with zero attached hydrogens (tertiary/aromatic N) is 1. The molecule has 3 aromatic carbocycles. The zero-order valence-corrected chi connectivity index (χ0v) is 36.7. The number of carbonyl (C=O) groups excluding carboxylic acids is 5. The molecule has 5 atom stereocenters. The lowest BCUT2D eigenvalue weighted by Crippen LogP contribution is -2.68. The second-order valence-electron chi connectivity index (χ2n) is 16.9. The van der Waals surface area contributed by atoms with Gasteiger partial charge in [-0.2, -0.15) is 0 Å². The van der Waals surface area contributed by atoms with Crippen LogP contribution in [0.5, 0.6) is 5.75 Å². The highest BCUT2D eigenvalue weighted by Gasteiger charge is 2.51. The fourth-order valence-corrected chi connectivity index (χ4v) is 12.8. The third-order valence-electron chi connectivity index (χ3n) is 11.7. The van der Waals surface area contributed by atoms with E-state index in [0.717, 1.165) is 15.9 Å². The molecule has 11 nitrogen and oxygen atoms in total. The van der Waals surface area contributed by atoms with Gasteiger partial charge in [0.2, 0.25) is 23.6 Å². The second-order valence-corrected chi connectivity index (χ2v) is 21.1. The minimum Gasteiger partial charge on any atom is -0.494 e. The van der Waals surface area contributed by atoms with E-state index in [4.69, 9.17) is 9.16 Å². The Kier molecular flexibility index (Phi) is 15.1. The van der Waals surface area contributed by atoms with Crippen LogP contribution in [-0.4, -0.2) is 85.5 Å². The van der Waals surface area contributed by atoms with E-state index >= 15 is 0 Å². The van der Waals surface area contributed by atoms with Crippen molar-refractivity contribution in [2.75, 3.05) is 13.2 Å². The van der Waals surface area contributed by atoms with Crippen LogP contribution < -0.4 is 31.1 Å². The molecule has 0 unspecified atom stereocenters. The molecule has 4 amide bonds. The largest absolute Gasteiger partial charge is 0.494 e. The monoisotopic (exact) mass is 822 g/mol.